The van der Waals surface area contributed by atoms with E-state index in [4.69, 9.17) is 28.1 Å². The van der Waals surface area contributed by atoms with Gasteiger partial charge in [0.1, 0.15) is 5.82 Å². The zero-order valence-electron chi connectivity index (χ0n) is 20.8. The molecule has 1 amide bonds. The lowest BCUT2D eigenvalue weighted by atomic mass is 9.98. The van der Waals surface area contributed by atoms with Crippen LogP contribution in [0, 0.1) is 19.3 Å². The minimum atomic E-state index is -3.59. The van der Waals surface area contributed by atoms with Gasteiger partial charge in [-0.2, -0.15) is 5.10 Å². The van der Waals surface area contributed by atoms with Crippen molar-refractivity contribution < 1.29 is 13.2 Å². The van der Waals surface area contributed by atoms with Crippen molar-refractivity contribution in [1.29, 1.82) is 0 Å². The van der Waals surface area contributed by atoms with Crippen LogP contribution in [0.2, 0.25) is 5.02 Å². The Morgan fingerprint density at radius 2 is 2.00 bits per heavy atom. The van der Waals surface area contributed by atoms with Crippen molar-refractivity contribution >= 4 is 44.7 Å². The standard InChI is InChI=1S/C26H29ClN6O3S/c1-4-19-8-7-13-31(19)25-17(2)16-33-24(28-25)15-22(29-33)23-9-5-6-12-32(23)26(34)20-14-18(27)10-11-21(20)30-37(3,35)36/h1,10-11,14-16,19,23,30H,5-9,12-13H2,2-3H3/t19-,23+/m1/s1. The average Bonchev–Trinajstić information content (AvgIpc) is 3.49. The number of nitrogens with one attached hydrogen (secondary N) is 1. The van der Waals surface area contributed by atoms with E-state index in [0.29, 0.717) is 17.2 Å². The number of hydrogen-bond donors (Lipinski definition) is 1. The number of benzene rings is 1. The molecule has 1 N–H and O–H groups in total. The Morgan fingerprint density at radius 1 is 1.19 bits per heavy atom. The van der Waals surface area contributed by atoms with E-state index < -0.39 is 10.0 Å². The summed E-state index contributed by atoms with van der Waals surface area (Å²) in [5, 5.41) is 5.14. The number of fused-ring (bicyclic) bond motifs is 1. The monoisotopic (exact) mass is 540 g/mol. The van der Waals surface area contributed by atoms with Crippen molar-refractivity contribution in [1.82, 2.24) is 19.5 Å². The molecule has 2 fully saturated rings. The van der Waals surface area contributed by atoms with Gasteiger partial charge < -0.3 is 9.80 Å². The highest BCUT2D eigenvalue weighted by Gasteiger charge is 2.33. The summed E-state index contributed by atoms with van der Waals surface area (Å²) in [5.74, 6) is 3.44. The summed E-state index contributed by atoms with van der Waals surface area (Å²) < 4.78 is 28.0. The van der Waals surface area contributed by atoms with Gasteiger partial charge in [-0.1, -0.05) is 17.5 Å². The zero-order valence-corrected chi connectivity index (χ0v) is 22.4. The first-order chi connectivity index (χ1) is 17.6. The van der Waals surface area contributed by atoms with Gasteiger partial charge in [0, 0.05) is 35.9 Å². The number of carbonyl (C=O) groups excluding carboxylic acids is 1. The number of rotatable bonds is 5. The summed E-state index contributed by atoms with van der Waals surface area (Å²) in [4.78, 5) is 22.6. The van der Waals surface area contributed by atoms with Gasteiger partial charge in [0.15, 0.2) is 5.65 Å². The van der Waals surface area contributed by atoms with Gasteiger partial charge in [0.2, 0.25) is 10.0 Å². The van der Waals surface area contributed by atoms with Gasteiger partial charge in [-0.05, 0) is 57.2 Å². The average molecular weight is 541 g/mol. The number of sulfonamides is 1. The summed E-state index contributed by atoms with van der Waals surface area (Å²) >= 11 is 6.19. The molecule has 37 heavy (non-hydrogen) atoms. The summed E-state index contributed by atoms with van der Waals surface area (Å²) in [6, 6.07) is 6.25. The van der Waals surface area contributed by atoms with E-state index in [2.05, 4.69) is 15.5 Å². The van der Waals surface area contributed by atoms with Crippen LogP contribution in [0.3, 0.4) is 0 Å². The number of likely N-dealkylation sites (tertiary alicyclic amines) is 1. The number of anilines is 2. The predicted molar refractivity (Wildman–Crippen MR) is 144 cm³/mol. The van der Waals surface area contributed by atoms with Crippen molar-refractivity contribution in [2.75, 3.05) is 29.0 Å². The quantitative estimate of drug-likeness (QED) is 0.490. The number of aryl methyl sites for hydroxylation is 1. The normalized spacial score (nSPS) is 20.3. The molecule has 0 radical (unpaired) electrons. The molecule has 2 aliphatic heterocycles. The number of carbonyl (C=O) groups is 1. The van der Waals surface area contributed by atoms with Crippen molar-refractivity contribution in [3.8, 4) is 12.3 Å². The lowest BCUT2D eigenvalue weighted by Gasteiger charge is -2.35. The molecule has 11 heteroatoms. The Labute approximate surface area is 221 Å². The molecule has 0 bridgehead atoms. The van der Waals surface area contributed by atoms with Crippen molar-refractivity contribution in [3.63, 3.8) is 0 Å². The van der Waals surface area contributed by atoms with Crippen LogP contribution in [-0.4, -0.2) is 59.2 Å². The van der Waals surface area contributed by atoms with Gasteiger partial charge in [-0.25, -0.2) is 17.9 Å². The smallest absolute Gasteiger partial charge is 0.256 e. The van der Waals surface area contributed by atoms with E-state index in [1.165, 1.54) is 12.1 Å². The maximum Gasteiger partial charge on any atom is 0.256 e. The van der Waals surface area contributed by atoms with E-state index >= 15 is 0 Å². The molecule has 2 aromatic heterocycles. The molecular formula is C26H29ClN6O3S. The van der Waals surface area contributed by atoms with Crippen LogP contribution in [-0.2, 0) is 10.0 Å². The number of nitrogens with zero attached hydrogens (tertiary/aromatic N) is 5. The number of amides is 1. The molecule has 2 atom stereocenters. The largest absolute Gasteiger partial charge is 0.342 e. The highest BCUT2D eigenvalue weighted by atomic mass is 35.5. The van der Waals surface area contributed by atoms with Crippen LogP contribution in [0.1, 0.15) is 59.8 Å². The minimum Gasteiger partial charge on any atom is -0.342 e. The van der Waals surface area contributed by atoms with Crippen LogP contribution < -0.4 is 9.62 Å². The number of piperidine rings is 1. The van der Waals surface area contributed by atoms with Crippen molar-refractivity contribution in [2.45, 2.75) is 51.1 Å². The lowest BCUT2D eigenvalue weighted by molar-refractivity contribution is 0.0607. The Kier molecular flexibility index (Phi) is 6.77. The van der Waals surface area contributed by atoms with Crippen LogP contribution in [0.5, 0.6) is 0 Å². The maximum absolute atomic E-state index is 13.8. The molecular weight excluding hydrogens is 512 g/mol. The molecule has 5 rings (SSSR count). The van der Waals surface area contributed by atoms with Gasteiger partial charge in [0.25, 0.3) is 5.91 Å². The fourth-order valence-electron chi connectivity index (χ4n) is 5.29. The van der Waals surface area contributed by atoms with E-state index in [1.54, 1.807) is 15.5 Å². The fourth-order valence-corrected chi connectivity index (χ4v) is 6.03. The Hall–Kier alpha value is -3.29. The van der Waals surface area contributed by atoms with E-state index in [1.807, 2.05) is 19.2 Å². The second-order valence-corrected chi connectivity index (χ2v) is 11.9. The van der Waals surface area contributed by atoms with E-state index in [0.717, 1.165) is 62.0 Å². The lowest BCUT2D eigenvalue weighted by Crippen LogP contribution is -2.39. The van der Waals surface area contributed by atoms with Gasteiger partial charge in [-0.15, -0.1) is 6.42 Å². The topological polar surface area (TPSA) is 99.9 Å². The third-order valence-corrected chi connectivity index (χ3v) is 7.78. The molecule has 194 valence electrons. The summed E-state index contributed by atoms with van der Waals surface area (Å²) in [6.45, 7) is 3.40. The second kappa shape index (κ2) is 9.88. The molecule has 3 aromatic rings. The number of terminal acetylenes is 1. The third-order valence-electron chi connectivity index (χ3n) is 6.95. The Balaban J connectivity index is 1.50. The molecule has 2 aliphatic rings. The Morgan fingerprint density at radius 3 is 2.76 bits per heavy atom. The molecule has 2 saturated heterocycles. The first kappa shape index (κ1) is 25.4. The highest BCUT2D eigenvalue weighted by molar-refractivity contribution is 7.92. The molecule has 4 heterocycles. The summed E-state index contributed by atoms with van der Waals surface area (Å²) in [5.41, 5.74) is 2.83. The zero-order chi connectivity index (χ0) is 26.3. The van der Waals surface area contributed by atoms with Gasteiger partial charge in [0.05, 0.1) is 35.3 Å². The summed E-state index contributed by atoms with van der Waals surface area (Å²) in [7, 11) is -3.59. The molecule has 0 unspecified atom stereocenters. The number of aromatic nitrogens is 3. The van der Waals surface area contributed by atoms with E-state index in [-0.39, 0.29) is 29.2 Å². The third kappa shape index (κ3) is 5.11. The molecule has 1 aromatic carbocycles. The van der Waals surface area contributed by atoms with Crippen molar-refractivity contribution in [3.05, 3.63) is 52.3 Å². The fraction of sp³-hybridized carbons (Fsp3) is 0.423. The molecule has 0 spiro atoms. The Bertz CT molecular complexity index is 1510. The van der Waals surface area contributed by atoms with Crippen LogP contribution in [0.15, 0.2) is 30.5 Å². The number of halogens is 1. The van der Waals surface area contributed by atoms with Crippen LogP contribution >= 0.6 is 11.6 Å². The molecule has 0 saturated carbocycles. The first-order valence-electron chi connectivity index (χ1n) is 12.3. The van der Waals surface area contributed by atoms with E-state index in [9.17, 15) is 13.2 Å². The molecule has 9 nitrogen and oxygen atoms in total. The SMILES string of the molecule is C#C[C@@H]1CCCN1c1nc2cc([C@@H]3CCCCN3C(=O)c3cc(Cl)ccc3NS(C)(=O)=O)nn2cc1C. The highest BCUT2D eigenvalue weighted by Crippen LogP contribution is 2.35. The predicted octanol–water partition coefficient (Wildman–Crippen LogP) is 4.03. The number of hydrogen-bond acceptors (Lipinski definition) is 6. The van der Waals surface area contributed by atoms with Crippen LogP contribution in [0.4, 0.5) is 11.5 Å². The molecule has 0 aliphatic carbocycles. The van der Waals surface area contributed by atoms with Gasteiger partial charge >= 0.3 is 0 Å². The minimum absolute atomic E-state index is 0.0370. The van der Waals surface area contributed by atoms with Gasteiger partial charge in [-0.3, -0.25) is 9.52 Å². The second-order valence-electron chi connectivity index (χ2n) is 9.71. The maximum atomic E-state index is 13.8. The van der Waals surface area contributed by atoms with Crippen LogP contribution in [0.25, 0.3) is 5.65 Å². The van der Waals surface area contributed by atoms with Crippen molar-refractivity contribution in [2.24, 2.45) is 0 Å². The first-order valence-corrected chi connectivity index (χ1v) is 14.6. The summed E-state index contributed by atoms with van der Waals surface area (Å²) in [6.07, 6.45) is 13.3.